The number of anilines is 1. The van der Waals surface area contributed by atoms with E-state index in [1.807, 2.05) is 22.6 Å². The van der Waals surface area contributed by atoms with Crippen LogP contribution in [0.3, 0.4) is 0 Å². The second kappa shape index (κ2) is 8.32. The standard InChI is InChI=1S/C8H6O3.C6H7NO2.CH3I/c9-6-2-1-5-3-8(10)11-7(5)4-6;7-5-2-1-4(8)3-6(5)9;1-2/h1-2,4,9H,3H2;1-3,8-9H,7H2;1H3/i;;1D. The number of benzene rings is 2. The molecule has 3 rings (SSSR count). The lowest BCUT2D eigenvalue weighted by atomic mass is 10.2. The number of esters is 1. The minimum Gasteiger partial charge on any atom is -0.508 e. The van der Waals surface area contributed by atoms with Crippen LogP contribution in [0.15, 0.2) is 36.4 Å². The van der Waals surface area contributed by atoms with Crippen LogP contribution in [0.5, 0.6) is 23.0 Å². The molecule has 0 aliphatic carbocycles. The van der Waals surface area contributed by atoms with Gasteiger partial charge in [-0.25, -0.2) is 0 Å². The molecule has 0 saturated heterocycles. The lowest BCUT2D eigenvalue weighted by Crippen LogP contribution is -2.00. The molecule has 2 aromatic rings. The second-order valence-corrected chi connectivity index (χ2v) is 4.19. The summed E-state index contributed by atoms with van der Waals surface area (Å²) in [6.07, 6.45) is 0.315. The fraction of sp³-hybridized carbons (Fsp3) is 0.133. The largest absolute Gasteiger partial charge is 0.508 e. The van der Waals surface area contributed by atoms with Gasteiger partial charge >= 0.3 is 5.97 Å². The number of carbonyl (C=O) groups is 1. The lowest BCUT2D eigenvalue weighted by molar-refractivity contribution is -0.131. The van der Waals surface area contributed by atoms with Crippen LogP contribution in [0.1, 0.15) is 6.93 Å². The van der Waals surface area contributed by atoms with Crippen molar-refractivity contribution >= 4 is 34.2 Å². The zero-order valence-electron chi connectivity index (χ0n) is 12.5. The number of halogens is 1. The van der Waals surface area contributed by atoms with Gasteiger partial charge in [0.2, 0.25) is 0 Å². The predicted octanol–water partition coefficient (Wildman–Crippen LogP) is 2.58. The number of phenols is 3. The molecule has 0 unspecified atom stereocenters. The molecule has 5 N–H and O–H groups in total. The van der Waals surface area contributed by atoms with E-state index in [0.717, 1.165) is 5.56 Å². The molecule has 0 saturated carbocycles. The maximum Gasteiger partial charge on any atom is 0.315 e. The normalized spacial score (nSPS) is 11.9. The number of carbonyl (C=O) groups excluding carboxylic acids is 1. The summed E-state index contributed by atoms with van der Waals surface area (Å²) in [5.74, 6) is 0.274. The highest BCUT2D eigenvalue weighted by atomic mass is 127. The van der Waals surface area contributed by atoms with Gasteiger partial charge in [0, 0.05) is 19.1 Å². The Hall–Kier alpha value is -2.16. The number of fused-ring (bicyclic) bond motifs is 1. The summed E-state index contributed by atoms with van der Waals surface area (Å²) in [5, 5.41) is 26.5. The summed E-state index contributed by atoms with van der Waals surface area (Å²) in [5.41, 5.74) is 6.34. The third-order valence-electron chi connectivity index (χ3n) is 2.62. The Morgan fingerprint density at radius 3 is 2.36 bits per heavy atom. The quantitative estimate of drug-likeness (QED) is 0.0995. The molecular formula is C15H16INO5. The van der Waals surface area contributed by atoms with Crippen LogP contribution in [0.4, 0.5) is 5.69 Å². The fourth-order valence-electron chi connectivity index (χ4n) is 1.63. The highest BCUT2D eigenvalue weighted by molar-refractivity contribution is 14.1. The molecule has 0 amide bonds. The highest BCUT2D eigenvalue weighted by Gasteiger charge is 2.19. The van der Waals surface area contributed by atoms with Crippen LogP contribution in [0.25, 0.3) is 0 Å². The van der Waals surface area contributed by atoms with Gasteiger partial charge in [0.1, 0.15) is 23.0 Å². The number of nitrogen functional groups attached to an aromatic ring is 1. The van der Waals surface area contributed by atoms with E-state index in [-0.39, 0.29) is 28.9 Å². The van der Waals surface area contributed by atoms with Crippen molar-refractivity contribution in [3.05, 3.63) is 42.0 Å². The van der Waals surface area contributed by atoms with Gasteiger partial charge in [0.25, 0.3) is 0 Å². The molecule has 2 aromatic carbocycles. The van der Waals surface area contributed by atoms with E-state index in [4.69, 9.17) is 27.2 Å². The zero-order valence-corrected chi connectivity index (χ0v) is 13.6. The number of alkyl halides is 1. The lowest BCUT2D eigenvalue weighted by Gasteiger charge is -1.96. The van der Waals surface area contributed by atoms with Gasteiger partial charge in [-0.05, 0) is 23.1 Å². The number of hydrogen-bond donors (Lipinski definition) is 4. The van der Waals surface area contributed by atoms with Crippen LogP contribution in [0.2, 0.25) is 0 Å². The zero-order chi connectivity index (χ0) is 17.4. The summed E-state index contributed by atoms with van der Waals surface area (Å²) in [6.45, 7) is 0. The highest BCUT2D eigenvalue weighted by Crippen LogP contribution is 2.29. The Balaban J connectivity index is 0.000000200. The molecule has 0 fully saturated rings. The number of nitrogens with two attached hydrogens (primary N) is 1. The number of hydrogen-bond acceptors (Lipinski definition) is 6. The molecule has 1 aliphatic heterocycles. The second-order valence-electron chi connectivity index (χ2n) is 4.19. The molecular weight excluding hydrogens is 401 g/mol. The van der Waals surface area contributed by atoms with Crippen molar-refractivity contribution in [2.75, 3.05) is 10.6 Å². The smallest absolute Gasteiger partial charge is 0.315 e. The molecule has 1 heterocycles. The van der Waals surface area contributed by atoms with Gasteiger partial charge in [-0.1, -0.05) is 28.7 Å². The number of phenolic OH excluding ortho intramolecular Hbond substituents is 3. The molecule has 6 nitrogen and oxygen atoms in total. The van der Waals surface area contributed by atoms with Crippen LogP contribution >= 0.6 is 22.6 Å². The van der Waals surface area contributed by atoms with Crippen molar-refractivity contribution < 1.29 is 26.2 Å². The molecule has 0 spiro atoms. The van der Waals surface area contributed by atoms with Gasteiger partial charge in [0.15, 0.2) is 0 Å². The molecule has 118 valence electrons. The summed E-state index contributed by atoms with van der Waals surface area (Å²) >= 11 is 1.96. The first-order valence-electron chi connectivity index (χ1n) is 6.73. The maximum absolute atomic E-state index is 10.7. The first-order valence-corrected chi connectivity index (χ1v) is 7.55. The minimum absolute atomic E-state index is 0.0155. The van der Waals surface area contributed by atoms with Crippen molar-refractivity contribution in [1.29, 1.82) is 0 Å². The Labute approximate surface area is 142 Å². The summed E-state index contributed by atoms with van der Waals surface area (Å²) < 4.78 is 11.0. The molecule has 1 aliphatic rings. The number of rotatable bonds is 0. The van der Waals surface area contributed by atoms with Crippen LogP contribution in [-0.2, 0) is 11.2 Å². The van der Waals surface area contributed by atoms with E-state index >= 15 is 0 Å². The molecule has 0 radical (unpaired) electrons. The van der Waals surface area contributed by atoms with E-state index in [2.05, 4.69) is 0 Å². The van der Waals surface area contributed by atoms with Gasteiger partial charge < -0.3 is 25.8 Å². The topological polar surface area (TPSA) is 113 Å². The molecule has 0 aromatic heterocycles. The predicted molar refractivity (Wildman–Crippen MR) is 91.6 cm³/mol. The summed E-state index contributed by atoms with van der Waals surface area (Å²) in [7, 11) is 0. The van der Waals surface area contributed by atoms with E-state index in [1.54, 1.807) is 12.1 Å². The molecule has 0 bridgehead atoms. The number of aromatic hydroxyl groups is 3. The van der Waals surface area contributed by atoms with Crippen molar-refractivity contribution in [3.8, 4) is 23.0 Å². The SMILES string of the molecule is Nc1ccc(O)cc1O.O=C1Cc2ccc(O)cc2O1.[2H]CI. The molecule has 0 atom stereocenters. The van der Waals surface area contributed by atoms with Crippen LogP contribution in [-0.4, -0.2) is 26.2 Å². The van der Waals surface area contributed by atoms with Gasteiger partial charge in [-0.3, -0.25) is 4.79 Å². The van der Waals surface area contributed by atoms with Crippen LogP contribution < -0.4 is 10.5 Å². The van der Waals surface area contributed by atoms with Crippen LogP contribution in [0, 0.1) is 0 Å². The third-order valence-corrected chi connectivity index (χ3v) is 2.62. The minimum atomic E-state index is -0.259. The number of ether oxygens (including phenoxy) is 1. The Bertz CT molecular complexity index is 681. The summed E-state index contributed by atoms with van der Waals surface area (Å²) in [4.78, 5) is 11.2. The Morgan fingerprint density at radius 1 is 1.18 bits per heavy atom. The van der Waals surface area contributed by atoms with Gasteiger partial charge in [0.05, 0.1) is 12.1 Å². The molecule has 22 heavy (non-hydrogen) atoms. The van der Waals surface area contributed by atoms with Crippen molar-refractivity contribution in [1.82, 2.24) is 0 Å². The van der Waals surface area contributed by atoms with Gasteiger partial charge in [-0.2, -0.15) is 0 Å². The Morgan fingerprint density at radius 2 is 1.77 bits per heavy atom. The van der Waals surface area contributed by atoms with E-state index in [1.165, 1.54) is 24.3 Å². The monoisotopic (exact) mass is 418 g/mol. The Kier molecular flexibility index (Phi) is 6.13. The van der Waals surface area contributed by atoms with Crippen molar-refractivity contribution in [2.45, 2.75) is 6.42 Å². The van der Waals surface area contributed by atoms with E-state index in [0.29, 0.717) is 17.1 Å². The third kappa shape index (κ3) is 4.99. The van der Waals surface area contributed by atoms with Gasteiger partial charge in [-0.15, -0.1) is 0 Å². The summed E-state index contributed by atoms with van der Waals surface area (Å²) in [6, 6.07) is 8.71. The fourth-order valence-corrected chi connectivity index (χ4v) is 1.63. The van der Waals surface area contributed by atoms with Crippen molar-refractivity contribution in [3.63, 3.8) is 0 Å². The van der Waals surface area contributed by atoms with E-state index < -0.39 is 0 Å². The average Bonchev–Trinajstić information content (AvgIpc) is 2.84. The average molecular weight is 418 g/mol. The van der Waals surface area contributed by atoms with E-state index in [9.17, 15) is 4.79 Å². The first-order chi connectivity index (χ1) is 10.9. The first kappa shape index (κ1) is 16.2. The van der Waals surface area contributed by atoms with Crippen molar-refractivity contribution in [2.24, 2.45) is 0 Å². The maximum atomic E-state index is 10.7. The molecule has 7 heteroatoms.